The molecule has 166 valence electrons. The fraction of sp³-hybridized carbons (Fsp3) is 0.259. The third-order valence-electron chi connectivity index (χ3n) is 5.02. The third-order valence-corrected chi connectivity index (χ3v) is 6.46. The molecule has 0 aliphatic carbocycles. The second kappa shape index (κ2) is 10.1. The lowest BCUT2D eigenvalue weighted by atomic mass is 9.78. The standard InChI is InChI=1S/C27H30O4Si/c1-20(28)19-30-25(29)23-17-11-12-18-24(23)27(31-32-26(2,3)4,21-13-7-5-8-14-21)22-15-9-6-10-16-22/h5-18H,19,32H2,1-4H3. The summed E-state index contributed by atoms with van der Waals surface area (Å²) in [5.74, 6) is -0.738. The van der Waals surface area contributed by atoms with E-state index in [4.69, 9.17) is 9.16 Å². The molecule has 0 N–H and O–H groups in total. The maximum absolute atomic E-state index is 13.1. The second-order valence-corrected chi connectivity index (χ2v) is 11.8. The van der Waals surface area contributed by atoms with Crippen LogP contribution in [0.25, 0.3) is 0 Å². The van der Waals surface area contributed by atoms with Gasteiger partial charge in [-0.25, -0.2) is 4.79 Å². The van der Waals surface area contributed by atoms with Gasteiger partial charge in [-0.15, -0.1) is 0 Å². The van der Waals surface area contributed by atoms with Crippen molar-refractivity contribution in [2.24, 2.45) is 0 Å². The molecule has 3 aromatic carbocycles. The van der Waals surface area contributed by atoms with Crippen molar-refractivity contribution in [1.82, 2.24) is 0 Å². The maximum atomic E-state index is 13.1. The molecule has 3 rings (SSSR count). The number of carbonyl (C=O) groups excluding carboxylic acids is 2. The van der Waals surface area contributed by atoms with Gasteiger partial charge in [0.2, 0.25) is 0 Å². The molecule has 4 nitrogen and oxygen atoms in total. The van der Waals surface area contributed by atoms with E-state index in [1.807, 2.05) is 72.8 Å². The molecular formula is C27H30O4Si. The monoisotopic (exact) mass is 446 g/mol. The van der Waals surface area contributed by atoms with Crippen molar-refractivity contribution in [2.75, 3.05) is 6.61 Å². The minimum atomic E-state index is -1.06. The molecule has 0 aliphatic heterocycles. The van der Waals surface area contributed by atoms with Crippen molar-refractivity contribution in [3.05, 3.63) is 107 Å². The molecule has 3 aromatic rings. The highest BCUT2D eigenvalue weighted by atomic mass is 28.2. The van der Waals surface area contributed by atoms with E-state index in [0.29, 0.717) is 11.1 Å². The van der Waals surface area contributed by atoms with Crippen LogP contribution in [0.1, 0.15) is 54.7 Å². The number of hydrogen-bond acceptors (Lipinski definition) is 4. The molecule has 0 bridgehead atoms. The Bertz CT molecular complexity index is 1020. The number of Topliss-reactive ketones (excluding diaryl/α,β-unsaturated/α-hetero) is 1. The highest BCUT2D eigenvalue weighted by molar-refractivity contribution is 6.32. The third kappa shape index (κ3) is 5.42. The zero-order valence-corrected chi connectivity index (χ0v) is 20.5. The van der Waals surface area contributed by atoms with Crippen LogP contribution in [0.2, 0.25) is 5.04 Å². The van der Waals surface area contributed by atoms with Gasteiger partial charge in [0, 0.05) is 5.56 Å². The Morgan fingerprint density at radius 3 is 1.78 bits per heavy atom. The van der Waals surface area contributed by atoms with E-state index >= 15 is 0 Å². The Labute approximate surface area is 192 Å². The van der Waals surface area contributed by atoms with E-state index in [0.717, 1.165) is 11.1 Å². The minimum Gasteiger partial charge on any atom is -0.454 e. The number of benzene rings is 3. The fourth-order valence-corrected chi connectivity index (χ4v) is 4.74. The summed E-state index contributed by atoms with van der Waals surface area (Å²) in [6.07, 6.45) is 0. The highest BCUT2D eigenvalue weighted by Crippen LogP contribution is 2.43. The molecule has 0 saturated carbocycles. The average Bonchev–Trinajstić information content (AvgIpc) is 2.79. The zero-order chi connectivity index (χ0) is 23.2. The summed E-state index contributed by atoms with van der Waals surface area (Å²) < 4.78 is 12.2. The first kappa shape index (κ1) is 23.6. The largest absolute Gasteiger partial charge is 0.454 e. The molecular weight excluding hydrogens is 416 g/mol. The smallest absolute Gasteiger partial charge is 0.338 e. The molecule has 0 amide bonds. The van der Waals surface area contributed by atoms with E-state index in [9.17, 15) is 9.59 Å². The van der Waals surface area contributed by atoms with E-state index < -0.39 is 21.3 Å². The van der Waals surface area contributed by atoms with Crippen molar-refractivity contribution in [3.8, 4) is 0 Å². The molecule has 0 heterocycles. The number of hydrogen-bond donors (Lipinski definition) is 0. The van der Waals surface area contributed by atoms with Crippen LogP contribution >= 0.6 is 0 Å². The Morgan fingerprint density at radius 1 is 0.781 bits per heavy atom. The summed E-state index contributed by atoms with van der Waals surface area (Å²) in [7, 11) is -1.06. The van der Waals surface area contributed by atoms with Crippen LogP contribution in [0.3, 0.4) is 0 Å². The molecule has 32 heavy (non-hydrogen) atoms. The average molecular weight is 447 g/mol. The second-order valence-electron chi connectivity index (χ2n) is 9.09. The quantitative estimate of drug-likeness (QED) is 0.276. The Kier molecular flexibility index (Phi) is 7.43. The summed E-state index contributed by atoms with van der Waals surface area (Å²) in [4.78, 5) is 24.5. The molecule has 0 aromatic heterocycles. The topological polar surface area (TPSA) is 52.6 Å². The lowest BCUT2D eigenvalue weighted by Crippen LogP contribution is -2.37. The summed E-state index contributed by atoms with van der Waals surface area (Å²) in [5.41, 5.74) is 2.00. The number of ketones is 1. The Hall–Kier alpha value is -3.02. The SMILES string of the molecule is CC(=O)COC(=O)c1ccccc1C(O[SiH2]C(C)(C)C)(c1ccccc1)c1ccccc1. The Balaban J connectivity index is 2.28. The van der Waals surface area contributed by atoms with E-state index in [2.05, 4.69) is 20.8 Å². The van der Waals surface area contributed by atoms with Crippen LogP contribution in [-0.2, 0) is 19.6 Å². The number of ether oxygens (including phenoxy) is 1. The molecule has 0 unspecified atom stereocenters. The van der Waals surface area contributed by atoms with Crippen molar-refractivity contribution in [1.29, 1.82) is 0 Å². The van der Waals surface area contributed by atoms with Crippen LogP contribution in [0.4, 0.5) is 0 Å². The first-order valence-electron chi connectivity index (χ1n) is 10.7. The lowest BCUT2D eigenvalue weighted by molar-refractivity contribution is -0.120. The molecule has 0 saturated heterocycles. The first-order valence-corrected chi connectivity index (χ1v) is 12.0. The zero-order valence-electron chi connectivity index (χ0n) is 19.1. The molecule has 0 aliphatic rings. The molecule has 0 radical (unpaired) electrons. The minimum absolute atomic E-state index is 0.0267. The van der Waals surface area contributed by atoms with Gasteiger partial charge < -0.3 is 9.16 Å². The van der Waals surface area contributed by atoms with Crippen molar-refractivity contribution in [2.45, 2.75) is 38.3 Å². The van der Waals surface area contributed by atoms with Crippen molar-refractivity contribution < 1.29 is 18.8 Å². The summed E-state index contributed by atoms with van der Waals surface area (Å²) in [5, 5.41) is 0.0267. The van der Waals surface area contributed by atoms with Crippen LogP contribution in [-0.4, -0.2) is 28.1 Å². The lowest BCUT2D eigenvalue weighted by Gasteiger charge is -2.39. The predicted octanol–water partition coefficient (Wildman–Crippen LogP) is 5.04. The Morgan fingerprint density at radius 2 is 1.28 bits per heavy atom. The van der Waals surface area contributed by atoms with Gasteiger partial charge in [0.15, 0.2) is 15.5 Å². The number of carbonyl (C=O) groups is 2. The van der Waals surface area contributed by atoms with Gasteiger partial charge >= 0.3 is 5.97 Å². The predicted molar refractivity (Wildman–Crippen MR) is 130 cm³/mol. The van der Waals surface area contributed by atoms with Crippen molar-refractivity contribution >= 4 is 21.5 Å². The fourth-order valence-electron chi connectivity index (χ4n) is 3.61. The van der Waals surface area contributed by atoms with Gasteiger partial charge in [0.05, 0.1) is 5.56 Å². The van der Waals surface area contributed by atoms with E-state index in [-0.39, 0.29) is 17.4 Å². The van der Waals surface area contributed by atoms with Crippen LogP contribution < -0.4 is 0 Å². The van der Waals surface area contributed by atoms with Gasteiger partial charge in [-0.05, 0) is 29.2 Å². The number of rotatable bonds is 8. The first-order chi connectivity index (χ1) is 15.2. The van der Waals surface area contributed by atoms with Crippen LogP contribution in [0.5, 0.6) is 0 Å². The molecule has 0 fully saturated rings. The summed E-state index contributed by atoms with van der Waals surface area (Å²) in [6, 6.07) is 27.3. The maximum Gasteiger partial charge on any atom is 0.338 e. The van der Waals surface area contributed by atoms with Crippen LogP contribution in [0, 0.1) is 0 Å². The summed E-state index contributed by atoms with van der Waals surface area (Å²) >= 11 is 0. The van der Waals surface area contributed by atoms with Crippen molar-refractivity contribution in [3.63, 3.8) is 0 Å². The van der Waals surface area contributed by atoms with Crippen LogP contribution in [0.15, 0.2) is 84.9 Å². The number of esters is 1. The summed E-state index contributed by atoms with van der Waals surface area (Å²) in [6.45, 7) is 7.66. The van der Waals surface area contributed by atoms with Gasteiger partial charge in [-0.3, -0.25) is 4.79 Å². The van der Waals surface area contributed by atoms with Gasteiger partial charge in [-0.1, -0.05) is 99.6 Å². The molecule has 5 heteroatoms. The van der Waals surface area contributed by atoms with Gasteiger partial charge in [0.1, 0.15) is 12.2 Å². The van der Waals surface area contributed by atoms with E-state index in [1.54, 1.807) is 12.1 Å². The van der Waals surface area contributed by atoms with Gasteiger partial charge in [-0.2, -0.15) is 0 Å². The highest BCUT2D eigenvalue weighted by Gasteiger charge is 2.41. The molecule has 0 spiro atoms. The van der Waals surface area contributed by atoms with Gasteiger partial charge in [0.25, 0.3) is 0 Å². The van der Waals surface area contributed by atoms with E-state index in [1.165, 1.54) is 6.92 Å². The normalized spacial score (nSPS) is 12.1. The molecule has 0 atom stereocenters.